The zero-order valence-electron chi connectivity index (χ0n) is 32.1. The first-order chi connectivity index (χ1) is 26.9. The lowest BCUT2D eigenvalue weighted by molar-refractivity contribution is -0.136. The zero-order valence-corrected chi connectivity index (χ0v) is 32.9. The van der Waals surface area contributed by atoms with Gasteiger partial charge < -0.3 is 24.5 Å². The minimum Gasteiger partial charge on any atom is -0.475 e. The van der Waals surface area contributed by atoms with Gasteiger partial charge in [-0.05, 0) is 69.4 Å². The summed E-state index contributed by atoms with van der Waals surface area (Å²) in [5, 5.41) is 5.29. The highest BCUT2D eigenvalue weighted by molar-refractivity contribution is 7.90. The number of nitrogens with zero attached hydrogens (tertiary/aromatic N) is 3. The number of aromatic nitrogens is 2. The number of H-pyrrole nitrogens is 1. The van der Waals surface area contributed by atoms with Crippen molar-refractivity contribution < 1.29 is 41.9 Å². The van der Waals surface area contributed by atoms with E-state index >= 15 is 0 Å². The van der Waals surface area contributed by atoms with Crippen LogP contribution in [0, 0.1) is 0 Å². The van der Waals surface area contributed by atoms with Gasteiger partial charge >= 0.3 is 0 Å². The third kappa shape index (κ3) is 7.00. The smallest absolute Gasteiger partial charge is 0.270 e. The number of nitrogens with one attached hydrogen (secondary N) is 3. The minimum atomic E-state index is -3.75. The van der Waals surface area contributed by atoms with E-state index in [4.69, 9.17) is 4.74 Å². The number of unbranched alkanes of at least 4 members (excludes halogenated alkanes) is 3. The van der Waals surface area contributed by atoms with E-state index in [-0.39, 0.29) is 62.8 Å². The SMILES string of the molecule is CN1C(=O)C(C)(C)Oc2c(-c3cn(C)c(=O)c4cc(C(=O)NCCCCCCc5cccc6c5C(=O)N(C5CCC(=O)NC5=O)C6=O)[nH]c34)cc(S(C)(=O)=O)cc21. The predicted octanol–water partition coefficient (Wildman–Crippen LogP) is 3.01. The molecular formula is C40H42N6O10S. The molecule has 298 valence electrons. The summed E-state index contributed by atoms with van der Waals surface area (Å²) in [6.45, 7) is 3.55. The summed E-state index contributed by atoms with van der Waals surface area (Å²) in [6, 6.07) is 8.31. The average molecular weight is 799 g/mol. The van der Waals surface area contributed by atoms with Gasteiger partial charge in [0.15, 0.2) is 21.2 Å². The van der Waals surface area contributed by atoms with Gasteiger partial charge in [0.1, 0.15) is 11.7 Å². The highest BCUT2D eigenvalue weighted by Gasteiger charge is 2.45. The van der Waals surface area contributed by atoms with Crippen LogP contribution in [0.4, 0.5) is 5.69 Å². The maximum Gasteiger partial charge on any atom is 0.270 e. The Morgan fingerprint density at radius 1 is 0.947 bits per heavy atom. The van der Waals surface area contributed by atoms with Gasteiger partial charge in [0.05, 0.1) is 32.6 Å². The Bertz CT molecular complexity index is 2610. The zero-order chi connectivity index (χ0) is 41.1. The summed E-state index contributed by atoms with van der Waals surface area (Å²) < 4.78 is 33.1. The van der Waals surface area contributed by atoms with Crippen molar-refractivity contribution in [3.8, 4) is 16.9 Å². The fraction of sp³-hybridized carbons (Fsp3) is 0.375. The average Bonchev–Trinajstić information content (AvgIpc) is 3.71. The van der Waals surface area contributed by atoms with Gasteiger partial charge in [-0.3, -0.25) is 43.8 Å². The van der Waals surface area contributed by atoms with Crippen LogP contribution in [0.3, 0.4) is 0 Å². The van der Waals surface area contributed by atoms with E-state index in [0.717, 1.165) is 24.0 Å². The van der Waals surface area contributed by atoms with E-state index in [1.165, 1.54) is 40.9 Å². The molecule has 1 unspecified atom stereocenters. The van der Waals surface area contributed by atoms with E-state index in [9.17, 15) is 42.0 Å². The van der Waals surface area contributed by atoms with Crippen LogP contribution in [0.15, 0.2) is 52.3 Å². The number of ether oxygens (including phenoxy) is 1. The Kier molecular flexibility index (Phi) is 9.92. The standard InChI is InChI=1S/C40H42N6O10S/c1-40(2)39(53)45(4)29-18-22(57(5,54)55)17-24(33(29)56-40)26-20-44(3)36(50)25-19-27(42-32(25)26)34(48)41-16-9-7-6-8-11-21-12-10-13-23-31(21)38(52)46(37(23)51)28-14-15-30(47)43-35(28)49/h10,12-13,17-20,28,42H,6-9,11,14-16H2,1-5H3,(H,41,48)(H,43,47,49). The first-order valence-corrected chi connectivity index (χ1v) is 20.5. The molecular weight excluding hydrogens is 757 g/mol. The second-order valence-electron chi connectivity index (χ2n) is 15.2. The number of rotatable bonds is 11. The molecule has 0 aliphatic carbocycles. The number of imide groups is 2. The second kappa shape index (κ2) is 14.4. The van der Waals surface area contributed by atoms with E-state index in [1.807, 2.05) is 0 Å². The molecule has 3 aliphatic heterocycles. The van der Waals surface area contributed by atoms with Crippen molar-refractivity contribution in [1.82, 2.24) is 25.1 Å². The summed E-state index contributed by atoms with van der Waals surface area (Å²) in [6.07, 6.45) is 6.09. The number of benzene rings is 2. The summed E-state index contributed by atoms with van der Waals surface area (Å²) in [4.78, 5) is 95.6. The number of carbonyl (C=O) groups excluding carboxylic acids is 6. The van der Waals surface area contributed by atoms with Gasteiger partial charge in [0.2, 0.25) is 11.8 Å². The number of piperidine rings is 1. The molecule has 4 aromatic rings. The van der Waals surface area contributed by atoms with Crippen LogP contribution in [-0.4, -0.2) is 89.8 Å². The van der Waals surface area contributed by atoms with E-state index < -0.39 is 51.0 Å². The lowest BCUT2D eigenvalue weighted by Crippen LogP contribution is -2.54. The molecule has 3 N–H and O–H groups in total. The number of pyridine rings is 1. The van der Waals surface area contributed by atoms with Crippen molar-refractivity contribution >= 4 is 61.9 Å². The minimum absolute atomic E-state index is 0.0444. The maximum atomic E-state index is 13.4. The molecule has 1 fully saturated rings. The number of amides is 6. The number of likely N-dealkylation sites (N-methyl/N-ethyl adjacent to an activating group) is 1. The Morgan fingerprint density at radius 2 is 1.68 bits per heavy atom. The maximum absolute atomic E-state index is 13.4. The van der Waals surface area contributed by atoms with E-state index in [2.05, 4.69) is 15.6 Å². The van der Waals surface area contributed by atoms with Crippen molar-refractivity contribution in [1.29, 1.82) is 0 Å². The molecule has 0 spiro atoms. The van der Waals surface area contributed by atoms with E-state index in [1.54, 1.807) is 39.1 Å². The van der Waals surface area contributed by atoms with Gasteiger partial charge in [-0.1, -0.05) is 25.0 Å². The van der Waals surface area contributed by atoms with Crippen LogP contribution in [0.2, 0.25) is 0 Å². The highest BCUT2D eigenvalue weighted by Crippen LogP contribution is 2.47. The first-order valence-electron chi connectivity index (χ1n) is 18.6. The monoisotopic (exact) mass is 798 g/mol. The van der Waals surface area contributed by atoms with Gasteiger partial charge in [0, 0.05) is 50.6 Å². The Hall–Kier alpha value is -6.10. The van der Waals surface area contributed by atoms with Crippen LogP contribution in [-0.2, 0) is 37.7 Å². The van der Waals surface area contributed by atoms with Crippen LogP contribution in [0.25, 0.3) is 22.0 Å². The largest absolute Gasteiger partial charge is 0.475 e. The number of aryl methyl sites for hydroxylation is 2. The lowest BCUT2D eigenvalue weighted by Gasteiger charge is -2.38. The highest BCUT2D eigenvalue weighted by atomic mass is 32.2. The van der Waals surface area contributed by atoms with Crippen LogP contribution < -0.4 is 25.8 Å². The second-order valence-corrected chi connectivity index (χ2v) is 17.2. The molecule has 2 aromatic heterocycles. The molecule has 0 radical (unpaired) electrons. The van der Waals surface area contributed by atoms with Gasteiger partial charge in [-0.15, -0.1) is 0 Å². The molecule has 5 heterocycles. The van der Waals surface area contributed by atoms with Gasteiger partial charge in [-0.25, -0.2) is 8.42 Å². The summed E-state index contributed by atoms with van der Waals surface area (Å²) in [5.74, 6) is -2.74. The Morgan fingerprint density at radius 3 is 2.40 bits per heavy atom. The van der Waals surface area contributed by atoms with Crippen LogP contribution >= 0.6 is 0 Å². The number of carbonyl (C=O) groups is 6. The summed E-state index contributed by atoms with van der Waals surface area (Å²) >= 11 is 0. The number of hydrogen-bond donors (Lipinski definition) is 3. The number of anilines is 1. The fourth-order valence-electron chi connectivity index (χ4n) is 7.72. The molecule has 3 aliphatic rings. The number of aromatic amines is 1. The third-order valence-electron chi connectivity index (χ3n) is 10.7. The number of fused-ring (bicyclic) bond motifs is 3. The topological polar surface area (TPSA) is 214 Å². The number of hydrogen-bond acceptors (Lipinski definition) is 10. The molecule has 57 heavy (non-hydrogen) atoms. The van der Waals surface area contributed by atoms with Crippen molar-refractivity contribution in [2.45, 2.75) is 75.3 Å². The predicted molar refractivity (Wildman–Crippen MR) is 208 cm³/mol. The molecule has 17 heteroatoms. The van der Waals surface area contributed by atoms with Gasteiger partial charge in [0.25, 0.3) is 29.2 Å². The van der Waals surface area contributed by atoms with Crippen LogP contribution in [0.5, 0.6) is 5.75 Å². The quantitative estimate of drug-likeness (QED) is 0.149. The summed E-state index contributed by atoms with van der Waals surface area (Å²) in [5.41, 5.74) is 0.963. The Labute approximate surface area is 327 Å². The van der Waals surface area contributed by atoms with Crippen molar-refractivity contribution in [2.24, 2.45) is 7.05 Å². The van der Waals surface area contributed by atoms with Crippen LogP contribution in [0.1, 0.15) is 89.1 Å². The van der Waals surface area contributed by atoms with Crippen molar-refractivity contribution in [3.05, 3.63) is 75.3 Å². The van der Waals surface area contributed by atoms with Crippen molar-refractivity contribution in [3.63, 3.8) is 0 Å². The molecule has 7 rings (SSSR count). The lowest BCUT2D eigenvalue weighted by atomic mass is 9.97. The first kappa shape index (κ1) is 39.1. The van der Waals surface area contributed by atoms with Gasteiger partial charge in [-0.2, -0.15) is 0 Å². The molecule has 0 bridgehead atoms. The number of sulfone groups is 1. The normalized spacial score (nSPS) is 17.8. The molecule has 0 saturated carbocycles. The molecule has 1 saturated heterocycles. The molecule has 2 aromatic carbocycles. The molecule has 16 nitrogen and oxygen atoms in total. The van der Waals surface area contributed by atoms with Crippen molar-refractivity contribution in [2.75, 3.05) is 24.7 Å². The molecule has 6 amide bonds. The molecule has 1 atom stereocenters. The third-order valence-corrected chi connectivity index (χ3v) is 11.8. The fourth-order valence-corrected chi connectivity index (χ4v) is 8.38. The Balaban J connectivity index is 1.02. The van der Waals surface area contributed by atoms with E-state index in [0.29, 0.717) is 48.0 Å². The summed E-state index contributed by atoms with van der Waals surface area (Å²) in [7, 11) is -0.668.